The summed E-state index contributed by atoms with van der Waals surface area (Å²) in [5.74, 6) is -1.14. The number of ketones is 1. The van der Waals surface area contributed by atoms with E-state index in [-0.39, 0.29) is 37.7 Å². The zero-order chi connectivity index (χ0) is 20.5. The third-order valence-electron chi connectivity index (χ3n) is 5.55. The molecule has 0 unspecified atom stereocenters. The number of nitrogens with zero attached hydrogens (tertiary/aromatic N) is 2. The largest absolute Gasteiger partial charge is 0.485 e. The van der Waals surface area contributed by atoms with E-state index in [0.29, 0.717) is 22.8 Å². The summed E-state index contributed by atoms with van der Waals surface area (Å²) in [5, 5.41) is 10.0. The van der Waals surface area contributed by atoms with E-state index >= 15 is 0 Å². The molecule has 30 heavy (non-hydrogen) atoms. The second-order valence-electron chi connectivity index (χ2n) is 7.49. The molecule has 0 radical (unpaired) electrons. The number of rotatable bonds is 6. The number of aliphatic hydroxyl groups is 1. The summed E-state index contributed by atoms with van der Waals surface area (Å²) in [6, 6.07) is 7.00. The second kappa shape index (κ2) is 8.92. The van der Waals surface area contributed by atoms with E-state index in [2.05, 4.69) is 4.98 Å². The molecule has 7 heteroatoms. The number of pyridine rings is 1. The van der Waals surface area contributed by atoms with Gasteiger partial charge in [0.15, 0.2) is 17.2 Å². The first kappa shape index (κ1) is 21.9. The molecule has 1 fully saturated rings. The van der Waals surface area contributed by atoms with Crippen LogP contribution in [-0.2, 0) is 6.61 Å². The average molecular weight is 416 g/mol. The number of hydrogen-bond acceptors (Lipinski definition) is 4. The summed E-state index contributed by atoms with van der Waals surface area (Å²) in [6.07, 6.45) is 4.04. The average Bonchev–Trinajstić information content (AvgIpc) is 3.23. The number of hydrogen-bond donors (Lipinski definition) is 1. The van der Waals surface area contributed by atoms with E-state index in [9.17, 15) is 18.7 Å². The number of aryl methyl sites for hydroxylation is 1. The Kier molecular flexibility index (Phi) is 6.51. The highest BCUT2D eigenvalue weighted by molar-refractivity contribution is 5.97. The Balaban J connectivity index is 0.00000256. The number of carbonyl (C=O) groups excluding carboxylic acids is 1. The van der Waals surface area contributed by atoms with E-state index in [1.165, 1.54) is 18.2 Å². The molecule has 1 aliphatic rings. The van der Waals surface area contributed by atoms with E-state index in [4.69, 9.17) is 4.74 Å². The van der Waals surface area contributed by atoms with Crippen molar-refractivity contribution in [2.45, 2.75) is 52.7 Å². The van der Waals surface area contributed by atoms with Crippen LogP contribution in [0.4, 0.5) is 8.78 Å². The first-order chi connectivity index (χ1) is 14.0. The van der Waals surface area contributed by atoms with Crippen molar-refractivity contribution in [3.8, 4) is 5.75 Å². The number of aliphatic hydroxyl groups excluding tert-OH is 1. The zero-order valence-corrected chi connectivity index (χ0v) is 16.1. The number of carbonyl (C=O) groups is 1. The van der Waals surface area contributed by atoms with Crippen molar-refractivity contribution in [3.05, 3.63) is 65.1 Å². The fourth-order valence-electron chi connectivity index (χ4n) is 4.01. The first-order valence-electron chi connectivity index (χ1n) is 9.70. The van der Waals surface area contributed by atoms with Crippen molar-refractivity contribution in [1.29, 1.82) is 0 Å². The van der Waals surface area contributed by atoms with Crippen molar-refractivity contribution in [1.82, 2.24) is 9.38 Å². The van der Waals surface area contributed by atoms with Crippen LogP contribution < -0.4 is 4.74 Å². The summed E-state index contributed by atoms with van der Waals surface area (Å²) in [5.41, 5.74) is 1.25. The van der Waals surface area contributed by atoms with Gasteiger partial charge in [0, 0.05) is 12.6 Å². The summed E-state index contributed by atoms with van der Waals surface area (Å²) in [4.78, 5) is 17.4. The zero-order valence-electron chi connectivity index (χ0n) is 16.1. The molecule has 1 N–H and O–H groups in total. The van der Waals surface area contributed by atoms with Crippen LogP contribution >= 0.6 is 0 Å². The fourth-order valence-corrected chi connectivity index (χ4v) is 4.01. The lowest BCUT2D eigenvalue weighted by Gasteiger charge is -2.13. The smallest absolute Gasteiger partial charge is 0.181 e. The maximum atomic E-state index is 13.9. The van der Waals surface area contributed by atoms with Crippen LogP contribution in [0.25, 0.3) is 5.65 Å². The Morgan fingerprint density at radius 2 is 1.97 bits per heavy atom. The standard InChI is InChI=1S/C22H22F2N2O3.CH4/c1-13-21(19(28)11-14-5-2-8-18(14)27)26-10-4-9-20(22(26)25-13)29-12-15-16(23)6-3-7-17(15)24;/h3-4,6-7,9-10,14,18,27H,2,5,8,11-12H2,1H3;1H4/t14-,18+;/m0./s1. The van der Waals surface area contributed by atoms with E-state index in [1.54, 1.807) is 29.7 Å². The van der Waals surface area contributed by atoms with Crippen molar-refractivity contribution in [3.63, 3.8) is 0 Å². The SMILES string of the molecule is C.Cc1nc2c(OCc3c(F)cccc3F)cccn2c1C(=O)C[C@@H]1CCC[C@H]1O. The molecule has 5 nitrogen and oxygen atoms in total. The predicted octanol–water partition coefficient (Wildman–Crippen LogP) is 4.87. The number of ether oxygens (including phenoxy) is 1. The molecule has 2 heterocycles. The molecule has 1 saturated carbocycles. The third kappa shape index (κ3) is 4.07. The summed E-state index contributed by atoms with van der Waals surface area (Å²) in [6.45, 7) is 1.45. The predicted molar refractivity (Wildman–Crippen MR) is 110 cm³/mol. The van der Waals surface area contributed by atoms with Crippen LogP contribution in [0.1, 0.15) is 54.9 Å². The van der Waals surface area contributed by atoms with Crippen LogP contribution in [0.2, 0.25) is 0 Å². The minimum atomic E-state index is -0.678. The van der Waals surface area contributed by atoms with Gasteiger partial charge in [0.05, 0.1) is 17.4 Å². The minimum Gasteiger partial charge on any atom is -0.485 e. The lowest BCUT2D eigenvalue weighted by atomic mass is 9.97. The van der Waals surface area contributed by atoms with E-state index < -0.39 is 17.7 Å². The molecule has 0 aliphatic heterocycles. The lowest BCUT2D eigenvalue weighted by Crippen LogP contribution is -2.18. The van der Waals surface area contributed by atoms with Gasteiger partial charge in [-0.1, -0.05) is 19.9 Å². The molecule has 1 aliphatic carbocycles. The summed E-state index contributed by atoms with van der Waals surface area (Å²) < 4.78 is 35.0. The minimum absolute atomic E-state index is 0. The topological polar surface area (TPSA) is 63.8 Å². The molecule has 4 rings (SSSR count). The third-order valence-corrected chi connectivity index (χ3v) is 5.55. The maximum absolute atomic E-state index is 13.9. The molecule has 0 bridgehead atoms. The highest BCUT2D eigenvalue weighted by Crippen LogP contribution is 2.31. The maximum Gasteiger partial charge on any atom is 0.181 e. The number of Topliss-reactive ketones (excluding diaryl/α,β-unsaturated/α-hetero) is 1. The van der Waals surface area contributed by atoms with Gasteiger partial charge in [-0.25, -0.2) is 13.8 Å². The molecule has 2 atom stereocenters. The molecule has 0 spiro atoms. The Morgan fingerprint density at radius 1 is 1.23 bits per heavy atom. The van der Waals surface area contributed by atoms with Crippen molar-refractivity contribution in [2.75, 3.05) is 0 Å². The molecule has 0 amide bonds. The normalized spacial score (nSPS) is 18.4. The van der Waals surface area contributed by atoms with E-state index in [0.717, 1.165) is 19.3 Å². The first-order valence-corrected chi connectivity index (χ1v) is 9.70. The second-order valence-corrected chi connectivity index (χ2v) is 7.49. The Morgan fingerprint density at radius 3 is 2.63 bits per heavy atom. The molecule has 160 valence electrons. The summed E-state index contributed by atoms with van der Waals surface area (Å²) in [7, 11) is 0. The Bertz CT molecular complexity index is 1040. The number of halogens is 2. The molecule has 2 aromatic heterocycles. The van der Waals surface area contributed by atoms with Crippen molar-refractivity contribution < 1.29 is 23.4 Å². The van der Waals surface area contributed by atoms with Crippen LogP contribution in [0, 0.1) is 24.5 Å². The van der Waals surface area contributed by atoms with Gasteiger partial charge in [0.2, 0.25) is 0 Å². The van der Waals surface area contributed by atoms with Gasteiger partial charge in [-0.05, 0) is 49.9 Å². The highest BCUT2D eigenvalue weighted by atomic mass is 19.1. The van der Waals surface area contributed by atoms with E-state index in [1.807, 2.05) is 0 Å². The number of benzene rings is 1. The molecule has 0 saturated heterocycles. The van der Waals surface area contributed by atoms with Crippen LogP contribution in [0.15, 0.2) is 36.5 Å². The number of imidazole rings is 1. The fraction of sp³-hybridized carbons (Fsp3) is 0.391. The molecular formula is C23H26F2N2O3. The van der Waals surface area contributed by atoms with Gasteiger partial charge in [0.25, 0.3) is 0 Å². The van der Waals surface area contributed by atoms with Gasteiger partial charge in [-0.3, -0.25) is 9.20 Å². The van der Waals surface area contributed by atoms with Gasteiger partial charge < -0.3 is 9.84 Å². The van der Waals surface area contributed by atoms with Crippen molar-refractivity contribution >= 4 is 11.4 Å². The Labute approximate surface area is 174 Å². The summed E-state index contributed by atoms with van der Waals surface area (Å²) >= 11 is 0. The highest BCUT2D eigenvalue weighted by Gasteiger charge is 2.29. The van der Waals surface area contributed by atoms with Crippen LogP contribution in [0.5, 0.6) is 5.75 Å². The molecule has 1 aromatic carbocycles. The van der Waals surface area contributed by atoms with Gasteiger partial charge in [-0.15, -0.1) is 0 Å². The van der Waals surface area contributed by atoms with Gasteiger partial charge >= 0.3 is 0 Å². The van der Waals surface area contributed by atoms with Crippen LogP contribution in [0.3, 0.4) is 0 Å². The van der Waals surface area contributed by atoms with Gasteiger partial charge in [-0.2, -0.15) is 0 Å². The quantitative estimate of drug-likeness (QED) is 0.583. The van der Waals surface area contributed by atoms with Crippen LogP contribution in [-0.4, -0.2) is 26.4 Å². The number of fused-ring (bicyclic) bond motifs is 1. The number of aromatic nitrogens is 2. The van der Waals surface area contributed by atoms with Crippen molar-refractivity contribution in [2.24, 2.45) is 5.92 Å². The molecular weight excluding hydrogens is 390 g/mol. The molecule has 3 aromatic rings. The Hall–Kier alpha value is -2.80. The van der Waals surface area contributed by atoms with Gasteiger partial charge in [0.1, 0.15) is 23.9 Å². The lowest BCUT2D eigenvalue weighted by molar-refractivity contribution is 0.0862. The monoisotopic (exact) mass is 416 g/mol.